The van der Waals surface area contributed by atoms with Crippen LogP contribution in [-0.4, -0.2) is 56.2 Å². The van der Waals surface area contributed by atoms with Crippen LogP contribution in [0.25, 0.3) is 22.1 Å². The molecule has 1 aliphatic heterocycles. The van der Waals surface area contributed by atoms with Crippen molar-refractivity contribution in [3.8, 4) is 22.6 Å². The van der Waals surface area contributed by atoms with Crippen molar-refractivity contribution in [2.75, 3.05) is 40.4 Å². The average molecular weight is 531 g/mol. The fourth-order valence-electron chi connectivity index (χ4n) is 5.27. The number of piperidine rings is 1. The molecule has 1 aliphatic rings. The Balaban J connectivity index is 1.08. The molecular formula is C32H35FN2O4. The number of methoxy groups -OCH3 is 1. The number of hydrogen-bond donors (Lipinski definition) is 0. The van der Waals surface area contributed by atoms with E-state index < -0.39 is 0 Å². The van der Waals surface area contributed by atoms with E-state index >= 15 is 0 Å². The highest BCUT2D eigenvalue weighted by Gasteiger charge is 2.22. The highest BCUT2D eigenvalue weighted by atomic mass is 19.1. The predicted octanol–water partition coefficient (Wildman–Crippen LogP) is 5.97. The number of fused-ring (bicyclic) bond motifs is 1. The van der Waals surface area contributed by atoms with Crippen LogP contribution in [0.4, 0.5) is 4.39 Å². The Labute approximate surface area is 228 Å². The van der Waals surface area contributed by atoms with Crippen LogP contribution in [0.3, 0.4) is 0 Å². The van der Waals surface area contributed by atoms with Crippen molar-refractivity contribution in [2.45, 2.75) is 31.8 Å². The van der Waals surface area contributed by atoms with Crippen molar-refractivity contribution >= 4 is 11.0 Å². The van der Waals surface area contributed by atoms with Gasteiger partial charge in [0.2, 0.25) is 0 Å². The quantitative estimate of drug-likeness (QED) is 0.236. The molecule has 3 aromatic carbocycles. The number of ether oxygens (including phenoxy) is 2. The summed E-state index contributed by atoms with van der Waals surface area (Å²) in [5.41, 5.74) is 2.77. The molecule has 1 aromatic heterocycles. The van der Waals surface area contributed by atoms with Crippen LogP contribution in [0.15, 0.2) is 82.2 Å². The lowest BCUT2D eigenvalue weighted by Crippen LogP contribution is -2.43. The van der Waals surface area contributed by atoms with Gasteiger partial charge >= 0.3 is 0 Å². The molecule has 0 unspecified atom stereocenters. The van der Waals surface area contributed by atoms with E-state index in [1.165, 1.54) is 12.3 Å². The summed E-state index contributed by atoms with van der Waals surface area (Å²) in [5.74, 6) is 1.26. The van der Waals surface area contributed by atoms with Crippen molar-refractivity contribution in [3.05, 3.63) is 94.6 Å². The Morgan fingerprint density at radius 2 is 1.79 bits per heavy atom. The maximum absolute atomic E-state index is 13.5. The van der Waals surface area contributed by atoms with E-state index in [0.29, 0.717) is 34.9 Å². The summed E-state index contributed by atoms with van der Waals surface area (Å²) >= 11 is 0. The molecular weight excluding hydrogens is 495 g/mol. The summed E-state index contributed by atoms with van der Waals surface area (Å²) in [6.07, 6.45) is 4.62. The first kappa shape index (κ1) is 26.9. The second-order valence-corrected chi connectivity index (χ2v) is 10.2. The van der Waals surface area contributed by atoms with Gasteiger partial charge in [-0.25, -0.2) is 4.39 Å². The zero-order valence-electron chi connectivity index (χ0n) is 22.6. The number of rotatable bonds is 10. The van der Waals surface area contributed by atoms with Gasteiger partial charge in [-0.3, -0.25) is 9.69 Å². The molecule has 204 valence electrons. The lowest BCUT2D eigenvalue weighted by Gasteiger charge is -2.36. The van der Waals surface area contributed by atoms with E-state index in [4.69, 9.17) is 13.9 Å². The fourth-order valence-corrected chi connectivity index (χ4v) is 5.27. The lowest BCUT2D eigenvalue weighted by atomic mass is 10.0. The molecule has 0 amide bonds. The highest BCUT2D eigenvalue weighted by molar-refractivity contribution is 5.82. The summed E-state index contributed by atoms with van der Waals surface area (Å²) in [5, 5.41) is 0.527. The van der Waals surface area contributed by atoms with Crippen LogP contribution < -0.4 is 14.9 Å². The molecule has 1 fully saturated rings. The van der Waals surface area contributed by atoms with E-state index in [0.717, 1.165) is 62.3 Å². The number of likely N-dealkylation sites (tertiary alicyclic amines) is 1. The topological polar surface area (TPSA) is 55.2 Å². The standard InChI is InChI=1S/C32H35FN2O4/c1-34(26-13-16-35(17-14-26)21-23-5-3-6-25(33)19-23)15-4-18-38-28-11-12-29-31(20-28)39-22-30(32(29)36)24-7-9-27(37-2)10-8-24/h3,5-12,19-20,22,26H,4,13-18,21H2,1-2H3. The first-order chi connectivity index (χ1) is 19.0. The number of hydrogen-bond acceptors (Lipinski definition) is 6. The molecule has 0 bridgehead atoms. The van der Waals surface area contributed by atoms with Crippen LogP contribution in [-0.2, 0) is 6.54 Å². The second kappa shape index (κ2) is 12.5. The molecule has 7 heteroatoms. The van der Waals surface area contributed by atoms with E-state index in [1.807, 2.05) is 36.4 Å². The molecule has 0 atom stereocenters. The Hall–Kier alpha value is -3.68. The molecule has 5 rings (SSSR count). The molecule has 0 spiro atoms. The van der Waals surface area contributed by atoms with E-state index in [2.05, 4.69) is 16.8 Å². The summed E-state index contributed by atoms with van der Waals surface area (Å²) in [6, 6.07) is 20.2. The van der Waals surface area contributed by atoms with Gasteiger partial charge in [0.25, 0.3) is 0 Å². The molecule has 1 saturated heterocycles. The van der Waals surface area contributed by atoms with Gasteiger partial charge in [-0.15, -0.1) is 0 Å². The third-order valence-electron chi connectivity index (χ3n) is 7.55. The lowest BCUT2D eigenvalue weighted by molar-refractivity contribution is 0.118. The summed E-state index contributed by atoms with van der Waals surface area (Å²) in [6.45, 7) is 4.37. The molecule has 0 aliphatic carbocycles. The summed E-state index contributed by atoms with van der Waals surface area (Å²) < 4.78 is 30.5. The van der Waals surface area contributed by atoms with Crippen LogP contribution in [0.1, 0.15) is 24.8 Å². The van der Waals surface area contributed by atoms with Gasteiger partial charge in [0, 0.05) is 25.2 Å². The number of benzene rings is 3. The minimum atomic E-state index is -0.170. The zero-order valence-corrected chi connectivity index (χ0v) is 22.6. The number of nitrogens with zero attached hydrogens (tertiary/aromatic N) is 2. The normalized spacial score (nSPS) is 14.7. The largest absolute Gasteiger partial charge is 0.497 e. The fraction of sp³-hybridized carbons (Fsp3) is 0.344. The second-order valence-electron chi connectivity index (χ2n) is 10.2. The van der Waals surface area contributed by atoms with Gasteiger partial charge in [-0.1, -0.05) is 24.3 Å². The molecule has 0 radical (unpaired) electrons. The molecule has 0 N–H and O–H groups in total. The smallest absolute Gasteiger partial charge is 0.200 e. The van der Waals surface area contributed by atoms with Gasteiger partial charge in [0.1, 0.15) is 29.2 Å². The first-order valence-electron chi connectivity index (χ1n) is 13.5. The summed E-state index contributed by atoms with van der Waals surface area (Å²) in [7, 11) is 3.79. The molecule has 4 aromatic rings. The van der Waals surface area contributed by atoms with Crippen molar-refractivity contribution in [1.82, 2.24) is 9.80 Å². The van der Waals surface area contributed by atoms with Crippen molar-refractivity contribution < 1.29 is 18.3 Å². The average Bonchev–Trinajstić information content (AvgIpc) is 2.96. The maximum Gasteiger partial charge on any atom is 0.200 e. The monoisotopic (exact) mass is 530 g/mol. The number of halogens is 1. The van der Waals surface area contributed by atoms with Crippen LogP contribution in [0, 0.1) is 5.82 Å². The van der Waals surface area contributed by atoms with Crippen LogP contribution in [0.5, 0.6) is 11.5 Å². The van der Waals surface area contributed by atoms with Gasteiger partial charge in [-0.2, -0.15) is 0 Å². The zero-order chi connectivity index (χ0) is 27.2. The van der Waals surface area contributed by atoms with Gasteiger partial charge in [0.05, 0.1) is 24.7 Å². The first-order valence-corrected chi connectivity index (χ1v) is 13.5. The Morgan fingerprint density at radius 3 is 2.54 bits per heavy atom. The van der Waals surface area contributed by atoms with Crippen molar-refractivity contribution in [3.63, 3.8) is 0 Å². The Kier molecular flexibility index (Phi) is 8.59. The van der Waals surface area contributed by atoms with E-state index in [1.54, 1.807) is 31.4 Å². The third kappa shape index (κ3) is 6.67. The maximum atomic E-state index is 13.5. The third-order valence-corrected chi connectivity index (χ3v) is 7.55. The van der Waals surface area contributed by atoms with Crippen LogP contribution in [0.2, 0.25) is 0 Å². The minimum Gasteiger partial charge on any atom is -0.497 e. The minimum absolute atomic E-state index is 0.0726. The van der Waals surface area contributed by atoms with Gasteiger partial charge in [-0.05, 0) is 86.9 Å². The molecule has 39 heavy (non-hydrogen) atoms. The molecule has 6 nitrogen and oxygen atoms in total. The Morgan fingerprint density at radius 1 is 1.03 bits per heavy atom. The molecule has 0 saturated carbocycles. The van der Waals surface area contributed by atoms with Crippen molar-refractivity contribution in [2.24, 2.45) is 0 Å². The van der Waals surface area contributed by atoms with Gasteiger partial charge in [0.15, 0.2) is 5.43 Å². The van der Waals surface area contributed by atoms with E-state index in [-0.39, 0.29) is 11.2 Å². The predicted molar refractivity (Wildman–Crippen MR) is 152 cm³/mol. The summed E-state index contributed by atoms with van der Waals surface area (Å²) in [4.78, 5) is 17.9. The molecule has 2 heterocycles. The van der Waals surface area contributed by atoms with E-state index in [9.17, 15) is 9.18 Å². The van der Waals surface area contributed by atoms with Gasteiger partial charge < -0.3 is 18.8 Å². The Bertz CT molecular complexity index is 1450. The van der Waals surface area contributed by atoms with Crippen LogP contribution >= 0.6 is 0 Å². The highest BCUT2D eigenvalue weighted by Crippen LogP contribution is 2.25. The SMILES string of the molecule is COc1ccc(-c2coc3cc(OCCCN(C)C4CCN(Cc5cccc(F)c5)CC4)ccc3c2=O)cc1. The van der Waals surface area contributed by atoms with Crippen molar-refractivity contribution in [1.29, 1.82) is 0 Å².